The quantitative estimate of drug-likeness (QED) is 0.329. The topological polar surface area (TPSA) is 158 Å². The number of aliphatic hydroxyl groups excluding tert-OH is 1. The second kappa shape index (κ2) is 12.8. The second-order valence-electron chi connectivity index (χ2n) is 7.13. The van der Waals surface area contributed by atoms with Crippen molar-refractivity contribution in [3.05, 3.63) is 62.4 Å². The van der Waals surface area contributed by atoms with Crippen LogP contribution in [0.4, 0.5) is 0 Å². The number of nitrogens with zero attached hydrogens (tertiary/aromatic N) is 1. The van der Waals surface area contributed by atoms with Crippen LogP contribution in [0.3, 0.4) is 0 Å². The minimum Gasteiger partial charge on any atom is -0.468 e. The van der Waals surface area contributed by atoms with Crippen molar-refractivity contribution in [2.45, 2.75) is 25.7 Å². The lowest BCUT2D eigenvalue weighted by Gasteiger charge is -2.22. The van der Waals surface area contributed by atoms with Crippen molar-refractivity contribution in [3.8, 4) is 5.75 Å². The number of carbonyl (C=O) groups excluding carboxylic acids is 1. The van der Waals surface area contributed by atoms with Crippen molar-refractivity contribution in [1.29, 1.82) is 0 Å². The van der Waals surface area contributed by atoms with Crippen molar-refractivity contribution in [2.24, 2.45) is 5.92 Å². The van der Waals surface area contributed by atoms with Gasteiger partial charge in [0.2, 0.25) is 0 Å². The Hall–Kier alpha value is -2.47. The third-order valence-corrected chi connectivity index (χ3v) is 6.43. The predicted molar refractivity (Wildman–Crippen MR) is 123 cm³/mol. The van der Waals surface area contributed by atoms with Crippen LogP contribution in [0.5, 0.6) is 5.75 Å². The number of carbonyl (C=O) groups is 1. The zero-order chi connectivity index (χ0) is 25.3. The van der Waals surface area contributed by atoms with Crippen molar-refractivity contribution in [3.63, 3.8) is 0 Å². The molecule has 0 amide bonds. The number of esters is 1. The maximum atomic E-state index is 13.2. The molecular formula is C20H27ClN3O9P. The third-order valence-electron chi connectivity index (χ3n) is 4.69. The molecule has 34 heavy (non-hydrogen) atoms. The highest BCUT2D eigenvalue weighted by molar-refractivity contribution is 7.52. The fourth-order valence-electron chi connectivity index (χ4n) is 3.15. The Balaban J connectivity index is 0.00000199. The molecule has 1 aliphatic heterocycles. The van der Waals surface area contributed by atoms with Gasteiger partial charge in [-0.2, -0.15) is 0 Å². The van der Waals surface area contributed by atoms with E-state index in [2.05, 4.69) is 14.8 Å². The second-order valence-corrected chi connectivity index (χ2v) is 9.32. The zero-order valence-electron chi connectivity index (χ0n) is 18.8. The van der Waals surface area contributed by atoms with Crippen molar-refractivity contribution >= 4 is 25.3 Å². The third kappa shape index (κ3) is 7.79. The Bertz CT molecular complexity index is 1110. The maximum Gasteiger partial charge on any atom is 0.459 e. The van der Waals surface area contributed by atoms with E-state index < -0.39 is 43.8 Å². The molecule has 0 saturated carbocycles. The van der Waals surface area contributed by atoms with E-state index in [9.17, 15) is 18.9 Å². The first-order chi connectivity index (χ1) is 16.2. The Morgan fingerprint density at radius 1 is 1.29 bits per heavy atom. The van der Waals surface area contributed by atoms with Crippen LogP contribution in [0.1, 0.15) is 19.6 Å². The molecule has 0 aliphatic carbocycles. The summed E-state index contributed by atoms with van der Waals surface area (Å²) in [5, 5.41) is 9.92. The number of aromatic amines is 1. The monoisotopic (exact) mass is 519 g/mol. The molecule has 2 heterocycles. The highest BCUT2D eigenvalue weighted by Crippen LogP contribution is 2.45. The molecule has 0 radical (unpaired) electrons. The number of aliphatic hydroxyl groups is 1. The molecule has 1 aromatic heterocycles. The van der Waals surface area contributed by atoms with Gasteiger partial charge in [-0.05, 0) is 30.7 Å². The van der Waals surface area contributed by atoms with Crippen LogP contribution < -0.4 is 20.9 Å². The number of ether oxygens (including phenoxy) is 2. The molecule has 1 fully saturated rings. The summed E-state index contributed by atoms with van der Waals surface area (Å²) >= 11 is 5.86. The van der Waals surface area contributed by atoms with Gasteiger partial charge in [0.25, 0.3) is 5.56 Å². The van der Waals surface area contributed by atoms with E-state index in [1.165, 1.54) is 36.1 Å². The van der Waals surface area contributed by atoms with Crippen LogP contribution in [0.15, 0.2) is 46.1 Å². The largest absolute Gasteiger partial charge is 0.468 e. The molecule has 2 aromatic rings. The summed E-state index contributed by atoms with van der Waals surface area (Å²) in [5.41, 5.74) is -1.10. The Morgan fingerprint density at radius 3 is 2.59 bits per heavy atom. The molecule has 14 heteroatoms. The van der Waals surface area contributed by atoms with Gasteiger partial charge < -0.3 is 19.1 Å². The average molecular weight is 520 g/mol. The van der Waals surface area contributed by atoms with E-state index in [4.69, 9.17) is 30.5 Å². The first-order valence-corrected chi connectivity index (χ1v) is 12.0. The smallest absolute Gasteiger partial charge is 0.459 e. The van der Waals surface area contributed by atoms with Crippen molar-refractivity contribution < 1.29 is 33.0 Å². The van der Waals surface area contributed by atoms with Crippen LogP contribution >= 0.6 is 19.3 Å². The van der Waals surface area contributed by atoms with Gasteiger partial charge >= 0.3 is 19.4 Å². The van der Waals surface area contributed by atoms with Crippen molar-refractivity contribution in [1.82, 2.24) is 14.6 Å². The van der Waals surface area contributed by atoms with E-state index in [-0.39, 0.29) is 18.3 Å². The summed E-state index contributed by atoms with van der Waals surface area (Å²) in [6, 6.07) is 7.34. The lowest BCUT2D eigenvalue weighted by atomic mass is 10.1. The van der Waals surface area contributed by atoms with Crippen LogP contribution in [0.2, 0.25) is 5.02 Å². The number of hydrogen-bond donors (Lipinski definition) is 3. The molecule has 1 saturated heterocycles. The summed E-state index contributed by atoms with van der Waals surface area (Å²) in [6.07, 6.45) is 0.704. The zero-order valence-corrected chi connectivity index (χ0v) is 20.5. The Morgan fingerprint density at radius 2 is 1.97 bits per heavy atom. The molecule has 188 valence electrons. The molecule has 3 rings (SSSR count). The summed E-state index contributed by atoms with van der Waals surface area (Å²) in [4.78, 5) is 37.0. The van der Waals surface area contributed by atoms with Gasteiger partial charge in [-0.25, -0.2) is 14.4 Å². The van der Waals surface area contributed by atoms with Gasteiger partial charge in [0.15, 0.2) is 0 Å². The molecule has 4 unspecified atom stereocenters. The average Bonchev–Trinajstić information content (AvgIpc) is 3.19. The number of benzene rings is 1. The fraction of sp³-hybridized carbons (Fsp3) is 0.450. The lowest BCUT2D eigenvalue weighted by molar-refractivity contribution is -0.139. The molecule has 0 bridgehead atoms. The first-order valence-electron chi connectivity index (χ1n) is 10.1. The number of aromatic nitrogens is 2. The van der Waals surface area contributed by atoms with Gasteiger partial charge in [0.05, 0.1) is 19.8 Å². The number of halogens is 1. The lowest BCUT2D eigenvalue weighted by Crippen LogP contribution is -2.33. The standard InChI is InChI=1S/C19H23ClN3O8P.CH4O/c1-12-9-15(30-18(12)23-8-7-16(24)22-19(23)26)11-29-32(27,21-10-17(25)28-2)31-14-5-3-13(20)4-6-14;1-2/h3-8,12,15,18H,9-11H2,1-2H3,(H,21,27)(H,22,24,26);2H,1H3. The summed E-state index contributed by atoms with van der Waals surface area (Å²) in [5.74, 6) is -0.531. The Labute approximate surface area is 200 Å². The van der Waals surface area contributed by atoms with Gasteiger partial charge in [-0.15, -0.1) is 0 Å². The summed E-state index contributed by atoms with van der Waals surface area (Å²) < 4.78 is 36.0. The minimum absolute atomic E-state index is 0.0909. The molecule has 0 spiro atoms. The SMILES string of the molecule is CO.COC(=O)CNP(=O)(OCC1CC(C)C(n2ccc(=O)[nH]c2=O)O1)Oc1ccc(Cl)cc1. The normalized spacial score (nSPS) is 21.1. The van der Waals surface area contributed by atoms with E-state index in [0.29, 0.717) is 11.4 Å². The summed E-state index contributed by atoms with van der Waals surface area (Å²) in [6.45, 7) is 1.33. The first kappa shape index (κ1) is 27.8. The van der Waals surface area contributed by atoms with Gasteiger partial charge in [-0.1, -0.05) is 18.5 Å². The number of nitrogens with one attached hydrogen (secondary N) is 2. The molecule has 3 N–H and O–H groups in total. The molecule has 4 atom stereocenters. The number of H-pyrrole nitrogens is 1. The highest BCUT2D eigenvalue weighted by atomic mass is 35.5. The Kier molecular flexibility index (Phi) is 10.5. The number of rotatable bonds is 9. The van der Waals surface area contributed by atoms with Crippen LogP contribution in [0.25, 0.3) is 0 Å². The maximum absolute atomic E-state index is 13.2. The molecule has 1 aromatic carbocycles. The highest BCUT2D eigenvalue weighted by Gasteiger charge is 2.37. The van der Waals surface area contributed by atoms with Crippen LogP contribution in [0, 0.1) is 5.92 Å². The van der Waals surface area contributed by atoms with Gasteiger partial charge in [0.1, 0.15) is 18.5 Å². The summed E-state index contributed by atoms with van der Waals surface area (Å²) in [7, 11) is -1.80. The van der Waals surface area contributed by atoms with Gasteiger partial charge in [-0.3, -0.25) is 23.7 Å². The van der Waals surface area contributed by atoms with E-state index >= 15 is 0 Å². The van der Waals surface area contributed by atoms with Gasteiger partial charge in [0, 0.05) is 30.3 Å². The number of methoxy groups -OCH3 is 1. The number of hydrogen-bond acceptors (Lipinski definition) is 9. The van der Waals surface area contributed by atoms with Crippen LogP contribution in [-0.4, -0.2) is 54.1 Å². The molecular weight excluding hydrogens is 493 g/mol. The van der Waals surface area contributed by atoms with E-state index in [1.54, 1.807) is 12.1 Å². The minimum atomic E-state index is -3.99. The van der Waals surface area contributed by atoms with Crippen LogP contribution in [-0.2, 0) is 23.4 Å². The molecule has 12 nitrogen and oxygen atoms in total. The predicted octanol–water partition coefficient (Wildman–Crippen LogP) is 1.69. The molecule has 1 aliphatic rings. The van der Waals surface area contributed by atoms with E-state index in [1.807, 2.05) is 6.92 Å². The van der Waals surface area contributed by atoms with Crippen molar-refractivity contribution in [2.75, 3.05) is 27.4 Å². The van der Waals surface area contributed by atoms with E-state index in [0.717, 1.165) is 7.11 Å². The fourth-order valence-corrected chi connectivity index (χ4v) is 4.57.